The van der Waals surface area contributed by atoms with Crippen molar-refractivity contribution in [2.24, 2.45) is 7.05 Å². The highest BCUT2D eigenvalue weighted by atomic mass is 35.5. The molecule has 0 radical (unpaired) electrons. The first-order valence-corrected chi connectivity index (χ1v) is 12.3. The topological polar surface area (TPSA) is 93.5 Å². The molecule has 0 aliphatic carbocycles. The van der Waals surface area contributed by atoms with Gasteiger partial charge in [0.2, 0.25) is 11.8 Å². The molecule has 190 valence electrons. The number of nitrogens with zero attached hydrogens (tertiary/aromatic N) is 6. The molecular weight excluding hydrogens is 492 g/mol. The molecule has 1 fully saturated rings. The molecular formula is C27H27ClN6O3. The SMILES string of the molecule is Cc1cc(Cl)c(COc2cccc3c(-c4ncnn4C)cc(C)nc23)c(CN2CC(=O)N(C)CC2=O)c1. The number of piperazine rings is 1. The van der Waals surface area contributed by atoms with Crippen LogP contribution >= 0.6 is 11.6 Å². The van der Waals surface area contributed by atoms with Crippen molar-refractivity contribution in [1.82, 2.24) is 29.5 Å². The van der Waals surface area contributed by atoms with E-state index >= 15 is 0 Å². The van der Waals surface area contributed by atoms with Gasteiger partial charge in [-0.1, -0.05) is 29.8 Å². The number of hydrogen-bond acceptors (Lipinski definition) is 6. The minimum absolute atomic E-state index is 0.0402. The first-order valence-electron chi connectivity index (χ1n) is 11.9. The molecule has 1 saturated heterocycles. The molecule has 0 spiro atoms. The Kier molecular flexibility index (Phi) is 6.55. The van der Waals surface area contributed by atoms with E-state index in [1.807, 2.05) is 57.3 Å². The molecule has 0 bridgehead atoms. The van der Waals surface area contributed by atoms with Crippen molar-refractivity contribution in [3.8, 4) is 17.1 Å². The minimum Gasteiger partial charge on any atom is -0.487 e. The molecule has 1 aliphatic rings. The standard InChI is InChI=1S/C27H27ClN6O3/c1-16-8-18(11-34-13-24(35)32(3)12-25(34)36)21(22(28)9-16)14-37-23-7-5-6-19-20(10-17(2)31-26(19)23)27-29-15-30-33(27)4/h5-10,15H,11-14H2,1-4H3. The maximum Gasteiger partial charge on any atom is 0.242 e. The van der Waals surface area contributed by atoms with Crippen molar-refractivity contribution < 1.29 is 14.3 Å². The quantitative estimate of drug-likeness (QED) is 0.386. The summed E-state index contributed by atoms with van der Waals surface area (Å²) in [6.45, 7) is 4.44. The van der Waals surface area contributed by atoms with Crippen LogP contribution in [-0.2, 0) is 29.8 Å². The molecule has 9 nitrogen and oxygen atoms in total. The second-order valence-corrected chi connectivity index (χ2v) is 9.75. The van der Waals surface area contributed by atoms with Crippen molar-refractivity contribution >= 4 is 34.3 Å². The molecule has 4 aromatic rings. The summed E-state index contributed by atoms with van der Waals surface area (Å²) < 4.78 is 8.04. The zero-order valence-electron chi connectivity index (χ0n) is 21.2. The summed E-state index contributed by atoms with van der Waals surface area (Å²) in [5, 5.41) is 5.65. The van der Waals surface area contributed by atoms with Crippen LogP contribution in [0.15, 0.2) is 42.7 Å². The van der Waals surface area contributed by atoms with E-state index in [2.05, 4.69) is 10.1 Å². The second kappa shape index (κ2) is 9.82. The summed E-state index contributed by atoms with van der Waals surface area (Å²) in [6.07, 6.45) is 1.52. The maximum absolute atomic E-state index is 12.6. The van der Waals surface area contributed by atoms with Crippen molar-refractivity contribution in [1.29, 1.82) is 0 Å². The molecule has 10 heteroatoms. The number of ether oxygens (including phenoxy) is 1. The number of aryl methyl sites for hydroxylation is 3. The molecule has 2 amide bonds. The molecule has 5 rings (SSSR count). The summed E-state index contributed by atoms with van der Waals surface area (Å²) in [6, 6.07) is 11.6. The van der Waals surface area contributed by atoms with Gasteiger partial charge in [0.25, 0.3) is 0 Å². The zero-order chi connectivity index (χ0) is 26.3. The fourth-order valence-electron chi connectivity index (χ4n) is 4.60. The van der Waals surface area contributed by atoms with Gasteiger partial charge in [0.15, 0.2) is 5.82 Å². The van der Waals surface area contributed by atoms with E-state index in [0.717, 1.165) is 39.2 Å². The predicted octanol–water partition coefficient (Wildman–Crippen LogP) is 3.68. The average molecular weight is 519 g/mol. The normalized spacial score (nSPS) is 14.1. The third-order valence-electron chi connectivity index (χ3n) is 6.53. The molecule has 0 atom stereocenters. The first kappa shape index (κ1) is 24.7. The Bertz CT molecular complexity index is 1530. The fourth-order valence-corrected chi connectivity index (χ4v) is 4.95. The number of rotatable bonds is 6. The fraction of sp³-hybridized carbons (Fsp3) is 0.296. The molecule has 0 unspecified atom stereocenters. The summed E-state index contributed by atoms with van der Waals surface area (Å²) in [7, 11) is 3.49. The van der Waals surface area contributed by atoms with E-state index in [1.165, 1.54) is 11.2 Å². The van der Waals surface area contributed by atoms with Crippen LogP contribution in [0.3, 0.4) is 0 Å². The Hall–Kier alpha value is -3.98. The summed E-state index contributed by atoms with van der Waals surface area (Å²) >= 11 is 6.67. The van der Waals surface area contributed by atoms with Gasteiger partial charge < -0.3 is 14.5 Å². The van der Waals surface area contributed by atoms with E-state index in [0.29, 0.717) is 16.3 Å². The molecule has 2 aromatic carbocycles. The van der Waals surface area contributed by atoms with E-state index in [1.54, 1.807) is 16.6 Å². The Morgan fingerprint density at radius 1 is 1.05 bits per heavy atom. The van der Waals surface area contributed by atoms with Crippen molar-refractivity contribution in [2.45, 2.75) is 27.0 Å². The van der Waals surface area contributed by atoms with Gasteiger partial charge in [0.1, 0.15) is 30.7 Å². The number of aromatic nitrogens is 4. The van der Waals surface area contributed by atoms with Crippen LogP contribution in [-0.4, -0.2) is 61.5 Å². The highest BCUT2D eigenvalue weighted by Crippen LogP contribution is 2.33. The van der Waals surface area contributed by atoms with Crippen LogP contribution in [0.4, 0.5) is 0 Å². The van der Waals surface area contributed by atoms with Gasteiger partial charge in [-0.05, 0) is 43.2 Å². The number of hydrogen-bond donors (Lipinski definition) is 0. The molecule has 0 saturated carbocycles. The number of benzene rings is 2. The van der Waals surface area contributed by atoms with Gasteiger partial charge >= 0.3 is 0 Å². The Morgan fingerprint density at radius 2 is 1.86 bits per heavy atom. The summed E-state index contributed by atoms with van der Waals surface area (Å²) in [5.74, 6) is 1.16. The second-order valence-electron chi connectivity index (χ2n) is 9.34. The number of halogens is 1. The van der Waals surface area contributed by atoms with E-state index < -0.39 is 0 Å². The highest BCUT2D eigenvalue weighted by Gasteiger charge is 2.28. The monoisotopic (exact) mass is 518 g/mol. The maximum atomic E-state index is 12.6. The zero-order valence-corrected chi connectivity index (χ0v) is 21.9. The van der Waals surface area contributed by atoms with Crippen LogP contribution in [0.5, 0.6) is 5.75 Å². The van der Waals surface area contributed by atoms with E-state index in [9.17, 15) is 9.59 Å². The van der Waals surface area contributed by atoms with Gasteiger partial charge in [-0.15, -0.1) is 0 Å². The number of likely N-dealkylation sites (N-methyl/N-ethyl adjacent to an activating group) is 1. The van der Waals surface area contributed by atoms with Crippen molar-refractivity contribution in [3.63, 3.8) is 0 Å². The number of carbonyl (C=O) groups excluding carboxylic acids is 2. The Balaban J connectivity index is 1.47. The van der Waals surface area contributed by atoms with Crippen LogP contribution in [0.1, 0.15) is 22.4 Å². The van der Waals surface area contributed by atoms with Crippen molar-refractivity contribution in [3.05, 3.63) is 70.1 Å². The summed E-state index contributed by atoms with van der Waals surface area (Å²) in [5.41, 5.74) is 5.04. The lowest BCUT2D eigenvalue weighted by molar-refractivity contribution is -0.149. The molecule has 1 aliphatic heterocycles. The Labute approximate surface area is 219 Å². The van der Waals surface area contributed by atoms with Gasteiger partial charge in [0.05, 0.1) is 6.54 Å². The lowest BCUT2D eigenvalue weighted by Crippen LogP contribution is -2.51. The number of amides is 2. The smallest absolute Gasteiger partial charge is 0.242 e. The first-order chi connectivity index (χ1) is 17.7. The molecule has 2 aromatic heterocycles. The van der Waals surface area contributed by atoms with Crippen LogP contribution < -0.4 is 4.74 Å². The van der Waals surface area contributed by atoms with Gasteiger partial charge in [-0.2, -0.15) is 5.10 Å². The number of pyridine rings is 1. The third kappa shape index (κ3) is 4.86. The molecule has 3 heterocycles. The third-order valence-corrected chi connectivity index (χ3v) is 6.86. The predicted molar refractivity (Wildman–Crippen MR) is 140 cm³/mol. The van der Waals surface area contributed by atoms with E-state index in [-0.39, 0.29) is 38.1 Å². The minimum atomic E-state index is -0.100. The summed E-state index contributed by atoms with van der Waals surface area (Å²) in [4.78, 5) is 37.0. The number of para-hydroxylation sites is 1. The molecule has 37 heavy (non-hydrogen) atoms. The van der Waals surface area contributed by atoms with Crippen LogP contribution in [0.2, 0.25) is 5.02 Å². The average Bonchev–Trinajstić information content (AvgIpc) is 3.27. The highest BCUT2D eigenvalue weighted by molar-refractivity contribution is 6.31. The van der Waals surface area contributed by atoms with Gasteiger partial charge in [0, 0.05) is 47.9 Å². The van der Waals surface area contributed by atoms with Crippen LogP contribution in [0.25, 0.3) is 22.3 Å². The molecule has 0 N–H and O–H groups in total. The largest absolute Gasteiger partial charge is 0.487 e. The number of fused-ring (bicyclic) bond motifs is 1. The van der Waals surface area contributed by atoms with Gasteiger partial charge in [-0.3, -0.25) is 9.59 Å². The lowest BCUT2D eigenvalue weighted by Gasteiger charge is -2.32. The number of carbonyl (C=O) groups is 2. The lowest BCUT2D eigenvalue weighted by atomic mass is 10.0. The Morgan fingerprint density at radius 3 is 2.62 bits per heavy atom. The van der Waals surface area contributed by atoms with Crippen molar-refractivity contribution in [2.75, 3.05) is 20.1 Å². The van der Waals surface area contributed by atoms with Crippen LogP contribution in [0, 0.1) is 13.8 Å². The van der Waals surface area contributed by atoms with E-state index in [4.69, 9.17) is 21.3 Å². The van der Waals surface area contributed by atoms with Gasteiger partial charge in [-0.25, -0.2) is 14.6 Å².